The topological polar surface area (TPSA) is 33.2 Å². The first-order valence-electron chi connectivity index (χ1n) is 5.53. The third-order valence-corrected chi connectivity index (χ3v) is 2.78. The summed E-state index contributed by atoms with van der Waals surface area (Å²) >= 11 is 5.87. The molecule has 0 N–H and O–H groups in total. The van der Waals surface area contributed by atoms with Crippen LogP contribution in [0.2, 0.25) is 5.15 Å². The first-order chi connectivity index (χ1) is 8.59. The van der Waals surface area contributed by atoms with Crippen LogP contribution in [0.15, 0.2) is 42.5 Å². The number of ketones is 1. The van der Waals surface area contributed by atoms with Crippen LogP contribution < -0.4 is 4.90 Å². The fourth-order valence-corrected chi connectivity index (χ4v) is 1.83. The smallest absolute Gasteiger partial charge is 0.213 e. The van der Waals surface area contributed by atoms with Gasteiger partial charge < -0.3 is 4.90 Å². The van der Waals surface area contributed by atoms with Gasteiger partial charge in [0.1, 0.15) is 10.8 Å². The second-order valence-corrected chi connectivity index (χ2v) is 4.48. The molecule has 2 aromatic rings. The summed E-state index contributed by atoms with van der Waals surface area (Å²) in [5.74, 6) is -0.123. The zero-order valence-corrected chi connectivity index (χ0v) is 11.0. The number of anilines is 1. The summed E-state index contributed by atoms with van der Waals surface area (Å²) in [6.07, 6.45) is 0. The number of hydrogen-bond donors (Lipinski definition) is 0. The first kappa shape index (κ1) is 12.6. The molecule has 92 valence electrons. The molecular formula is C14H13ClN2O. The van der Waals surface area contributed by atoms with Gasteiger partial charge in [0.2, 0.25) is 5.78 Å². The van der Waals surface area contributed by atoms with Crippen molar-refractivity contribution in [3.8, 4) is 0 Å². The largest absolute Gasteiger partial charge is 0.376 e. The molecule has 0 spiro atoms. The summed E-state index contributed by atoms with van der Waals surface area (Å²) < 4.78 is 0. The number of hydrogen-bond acceptors (Lipinski definition) is 3. The molecule has 0 aliphatic heterocycles. The highest BCUT2D eigenvalue weighted by molar-refractivity contribution is 6.29. The SMILES string of the molecule is CN(C)c1ccc(Cl)nc1C(=O)c1ccccc1. The van der Waals surface area contributed by atoms with Gasteiger partial charge in [-0.1, -0.05) is 41.9 Å². The van der Waals surface area contributed by atoms with Crippen molar-refractivity contribution in [2.24, 2.45) is 0 Å². The van der Waals surface area contributed by atoms with Crippen molar-refractivity contribution >= 4 is 23.1 Å². The van der Waals surface area contributed by atoms with Gasteiger partial charge in [0, 0.05) is 19.7 Å². The van der Waals surface area contributed by atoms with E-state index in [0.717, 1.165) is 5.69 Å². The first-order valence-corrected chi connectivity index (χ1v) is 5.91. The maximum absolute atomic E-state index is 12.4. The zero-order chi connectivity index (χ0) is 13.1. The van der Waals surface area contributed by atoms with Crippen LogP contribution in [-0.2, 0) is 0 Å². The minimum atomic E-state index is -0.123. The number of rotatable bonds is 3. The van der Waals surface area contributed by atoms with Gasteiger partial charge in [-0.2, -0.15) is 0 Å². The Morgan fingerprint density at radius 1 is 1.11 bits per heavy atom. The molecule has 0 bridgehead atoms. The van der Waals surface area contributed by atoms with E-state index < -0.39 is 0 Å². The van der Waals surface area contributed by atoms with Crippen LogP contribution in [0.1, 0.15) is 16.1 Å². The molecule has 3 nitrogen and oxygen atoms in total. The number of benzene rings is 1. The Morgan fingerprint density at radius 3 is 2.39 bits per heavy atom. The highest BCUT2D eigenvalue weighted by Gasteiger charge is 2.16. The zero-order valence-electron chi connectivity index (χ0n) is 10.2. The Balaban J connectivity index is 2.50. The van der Waals surface area contributed by atoms with Crippen LogP contribution in [0.25, 0.3) is 0 Å². The monoisotopic (exact) mass is 260 g/mol. The summed E-state index contributed by atoms with van der Waals surface area (Å²) in [5.41, 5.74) is 1.74. The lowest BCUT2D eigenvalue weighted by Crippen LogP contribution is -2.16. The van der Waals surface area contributed by atoms with E-state index in [-0.39, 0.29) is 5.78 Å². The minimum Gasteiger partial charge on any atom is -0.376 e. The summed E-state index contributed by atoms with van der Waals surface area (Å²) in [7, 11) is 3.74. The maximum Gasteiger partial charge on any atom is 0.213 e. The highest BCUT2D eigenvalue weighted by Crippen LogP contribution is 2.22. The van der Waals surface area contributed by atoms with E-state index in [1.54, 1.807) is 24.3 Å². The van der Waals surface area contributed by atoms with Crippen LogP contribution in [0.5, 0.6) is 0 Å². The average molecular weight is 261 g/mol. The molecule has 0 aliphatic carbocycles. The molecule has 1 aromatic heterocycles. The van der Waals surface area contributed by atoms with Gasteiger partial charge in [0.05, 0.1) is 5.69 Å². The third kappa shape index (κ3) is 2.51. The predicted molar refractivity (Wildman–Crippen MR) is 73.4 cm³/mol. The Kier molecular flexibility index (Phi) is 3.63. The Morgan fingerprint density at radius 2 is 1.78 bits per heavy atom. The van der Waals surface area contributed by atoms with E-state index >= 15 is 0 Å². The fraction of sp³-hybridized carbons (Fsp3) is 0.143. The number of carbonyl (C=O) groups excluding carboxylic acids is 1. The predicted octanol–water partition coefficient (Wildman–Crippen LogP) is 3.03. The van der Waals surface area contributed by atoms with Crippen LogP contribution in [0, 0.1) is 0 Å². The Labute approximate surface area is 111 Å². The van der Waals surface area contributed by atoms with E-state index in [1.165, 1.54) is 0 Å². The van der Waals surface area contributed by atoms with E-state index in [1.807, 2.05) is 37.2 Å². The number of aromatic nitrogens is 1. The van der Waals surface area contributed by atoms with Gasteiger partial charge in [-0.05, 0) is 12.1 Å². The lowest BCUT2D eigenvalue weighted by atomic mass is 10.1. The van der Waals surface area contributed by atoms with Gasteiger partial charge in [0.15, 0.2) is 0 Å². The lowest BCUT2D eigenvalue weighted by molar-refractivity contribution is 0.103. The Hall–Kier alpha value is -1.87. The molecule has 0 unspecified atom stereocenters. The summed E-state index contributed by atoms with van der Waals surface area (Å²) in [6.45, 7) is 0. The van der Waals surface area contributed by atoms with Gasteiger partial charge in [-0.3, -0.25) is 4.79 Å². The normalized spacial score (nSPS) is 10.2. The van der Waals surface area contributed by atoms with E-state index in [9.17, 15) is 4.79 Å². The maximum atomic E-state index is 12.4. The average Bonchev–Trinajstić information content (AvgIpc) is 2.38. The van der Waals surface area contributed by atoms with Crippen molar-refractivity contribution in [1.29, 1.82) is 0 Å². The van der Waals surface area contributed by atoms with Crippen molar-refractivity contribution < 1.29 is 4.79 Å². The van der Waals surface area contributed by atoms with Crippen molar-refractivity contribution in [2.45, 2.75) is 0 Å². The molecule has 0 aliphatic rings. The molecule has 0 fully saturated rings. The number of carbonyl (C=O) groups is 1. The van der Waals surface area contributed by atoms with E-state index in [0.29, 0.717) is 16.4 Å². The molecule has 1 heterocycles. The number of pyridine rings is 1. The lowest BCUT2D eigenvalue weighted by Gasteiger charge is -2.16. The number of nitrogens with zero attached hydrogens (tertiary/aromatic N) is 2. The second-order valence-electron chi connectivity index (χ2n) is 4.09. The quantitative estimate of drug-likeness (QED) is 0.628. The van der Waals surface area contributed by atoms with Gasteiger partial charge >= 0.3 is 0 Å². The molecule has 0 radical (unpaired) electrons. The molecule has 2 rings (SSSR count). The van der Waals surface area contributed by atoms with Gasteiger partial charge in [-0.15, -0.1) is 0 Å². The Bertz CT molecular complexity index is 567. The third-order valence-electron chi connectivity index (χ3n) is 2.57. The van der Waals surface area contributed by atoms with Crippen LogP contribution >= 0.6 is 11.6 Å². The molecule has 0 atom stereocenters. The van der Waals surface area contributed by atoms with Crippen molar-refractivity contribution in [3.05, 3.63) is 58.9 Å². The summed E-state index contributed by atoms with van der Waals surface area (Å²) in [4.78, 5) is 18.4. The van der Waals surface area contributed by atoms with Gasteiger partial charge in [0.25, 0.3) is 0 Å². The molecule has 0 saturated heterocycles. The van der Waals surface area contributed by atoms with Crippen molar-refractivity contribution in [3.63, 3.8) is 0 Å². The van der Waals surface area contributed by atoms with E-state index in [2.05, 4.69) is 4.98 Å². The summed E-state index contributed by atoms with van der Waals surface area (Å²) in [5, 5.41) is 0.319. The minimum absolute atomic E-state index is 0.123. The molecule has 0 amide bonds. The van der Waals surface area contributed by atoms with Crippen LogP contribution in [-0.4, -0.2) is 24.9 Å². The second kappa shape index (κ2) is 5.19. The number of halogens is 1. The highest BCUT2D eigenvalue weighted by atomic mass is 35.5. The molecular weight excluding hydrogens is 248 g/mol. The van der Waals surface area contributed by atoms with Gasteiger partial charge in [-0.25, -0.2) is 4.98 Å². The fourth-order valence-electron chi connectivity index (χ4n) is 1.68. The molecule has 18 heavy (non-hydrogen) atoms. The van der Waals surface area contributed by atoms with Crippen molar-refractivity contribution in [1.82, 2.24) is 4.98 Å². The van der Waals surface area contributed by atoms with E-state index in [4.69, 9.17) is 11.6 Å². The van der Waals surface area contributed by atoms with Crippen LogP contribution in [0.4, 0.5) is 5.69 Å². The summed E-state index contributed by atoms with van der Waals surface area (Å²) in [6, 6.07) is 12.5. The van der Waals surface area contributed by atoms with Crippen LogP contribution in [0.3, 0.4) is 0 Å². The standard InChI is InChI=1S/C14H13ClN2O/c1-17(2)11-8-9-12(15)16-13(11)14(18)10-6-4-3-5-7-10/h3-9H,1-2H3. The molecule has 0 saturated carbocycles. The molecule has 1 aromatic carbocycles. The molecule has 4 heteroatoms. The van der Waals surface area contributed by atoms with Crippen molar-refractivity contribution in [2.75, 3.05) is 19.0 Å².